The average molecular weight is 506 g/mol. The van der Waals surface area contributed by atoms with Gasteiger partial charge in [0.05, 0.1) is 6.61 Å². The Hall–Kier alpha value is -2.61. The summed E-state index contributed by atoms with van der Waals surface area (Å²) in [6.07, 6.45) is 5.30. The lowest BCUT2D eigenvalue weighted by Crippen LogP contribution is -2.55. The van der Waals surface area contributed by atoms with Gasteiger partial charge in [-0.1, -0.05) is 68.9 Å². The highest BCUT2D eigenvalue weighted by Gasteiger charge is 2.36. The van der Waals surface area contributed by atoms with Gasteiger partial charge in [0.1, 0.15) is 17.7 Å². The summed E-state index contributed by atoms with van der Waals surface area (Å²) in [5.74, 6) is -0.830. The Bertz CT molecular complexity index is 817. The fourth-order valence-electron chi connectivity index (χ4n) is 3.85. The third-order valence-corrected chi connectivity index (χ3v) is 5.59. The molecule has 0 heterocycles. The summed E-state index contributed by atoms with van der Waals surface area (Å²) in [7, 11) is 0. The van der Waals surface area contributed by atoms with Crippen molar-refractivity contribution in [1.82, 2.24) is 15.5 Å². The molecule has 8 nitrogen and oxygen atoms in total. The Morgan fingerprint density at radius 3 is 2.08 bits per heavy atom. The number of hydrogen-bond acceptors (Lipinski definition) is 5. The van der Waals surface area contributed by atoms with E-state index in [1.54, 1.807) is 20.8 Å². The van der Waals surface area contributed by atoms with Gasteiger partial charge in [0.2, 0.25) is 11.8 Å². The molecule has 1 rings (SSSR count). The summed E-state index contributed by atoms with van der Waals surface area (Å²) < 4.78 is 5.28. The zero-order valence-electron chi connectivity index (χ0n) is 23.2. The van der Waals surface area contributed by atoms with Crippen molar-refractivity contribution in [2.24, 2.45) is 0 Å². The van der Waals surface area contributed by atoms with Crippen LogP contribution in [0.4, 0.5) is 4.79 Å². The third kappa shape index (κ3) is 11.4. The number of amides is 3. The van der Waals surface area contributed by atoms with Crippen molar-refractivity contribution < 1.29 is 24.2 Å². The van der Waals surface area contributed by atoms with Crippen molar-refractivity contribution in [2.45, 2.75) is 111 Å². The number of rotatable bonds is 14. The van der Waals surface area contributed by atoms with Gasteiger partial charge >= 0.3 is 6.09 Å². The minimum atomic E-state index is -1.24. The number of aliphatic hydroxyl groups is 1. The number of benzene rings is 1. The summed E-state index contributed by atoms with van der Waals surface area (Å²) in [5.41, 5.74) is 0.954. The van der Waals surface area contributed by atoms with Crippen molar-refractivity contribution in [2.75, 3.05) is 13.2 Å². The first-order valence-corrected chi connectivity index (χ1v) is 13.2. The van der Waals surface area contributed by atoms with Crippen molar-refractivity contribution in [3.05, 3.63) is 35.4 Å². The maximum Gasteiger partial charge on any atom is 0.408 e. The van der Waals surface area contributed by atoms with E-state index in [4.69, 9.17) is 4.74 Å². The number of carbonyl (C=O) groups excluding carboxylic acids is 3. The standard InChI is InChI=1S/C28H47N3O5/c1-8-9-10-11-12-13-18-31(26(34)23(19-32)30-27(35)36-28(5,6)7)24(25(33)29-20(2)3)22-16-14-21(4)15-17-22/h14-17,20,23-24,32H,8-13,18-19H2,1-7H3,(H,29,33)(H,30,35). The van der Waals surface area contributed by atoms with E-state index >= 15 is 0 Å². The molecule has 8 heteroatoms. The van der Waals surface area contributed by atoms with Crippen molar-refractivity contribution in [3.63, 3.8) is 0 Å². The molecule has 1 aromatic carbocycles. The summed E-state index contributed by atoms with van der Waals surface area (Å²) in [5, 5.41) is 15.4. The molecule has 0 bridgehead atoms. The predicted molar refractivity (Wildman–Crippen MR) is 143 cm³/mol. The van der Waals surface area contributed by atoms with E-state index in [0.717, 1.165) is 37.7 Å². The second kappa shape index (κ2) is 15.5. The largest absolute Gasteiger partial charge is 0.444 e. The number of alkyl carbamates (subject to hydrolysis) is 1. The number of unbranched alkanes of at least 4 members (excludes halogenated alkanes) is 5. The van der Waals surface area contributed by atoms with Crippen LogP contribution < -0.4 is 10.6 Å². The molecule has 0 radical (unpaired) electrons. The minimum Gasteiger partial charge on any atom is -0.444 e. The van der Waals surface area contributed by atoms with E-state index in [0.29, 0.717) is 18.5 Å². The summed E-state index contributed by atoms with van der Waals surface area (Å²) >= 11 is 0. The van der Waals surface area contributed by atoms with Crippen LogP contribution >= 0.6 is 0 Å². The second-order valence-electron chi connectivity index (χ2n) is 10.7. The number of aryl methyl sites for hydroxylation is 1. The van der Waals surface area contributed by atoms with Crippen LogP contribution in [-0.2, 0) is 14.3 Å². The Kier molecular flexibility index (Phi) is 13.5. The maximum atomic E-state index is 13.7. The molecule has 3 amide bonds. The molecule has 0 aliphatic carbocycles. The minimum absolute atomic E-state index is 0.120. The zero-order chi connectivity index (χ0) is 27.3. The molecule has 204 valence electrons. The molecule has 1 aromatic rings. The van der Waals surface area contributed by atoms with Crippen molar-refractivity contribution in [1.29, 1.82) is 0 Å². The van der Waals surface area contributed by atoms with E-state index < -0.39 is 36.3 Å². The van der Waals surface area contributed by atoms with Crippen LogP contribution in [0.15, 0.2) is 24.3 Å². The Morgan fingerprint density at radius 2 is 1.56 bits per heavy atom. The molecular formula is C28H47N3O5. The first-order chi connectivity index (χ1) is 16.9. The molecule has 0 fully saturated rings. The summed E-state index contributed by atoms with van der Waals surface area (Å²) in [6.45, 7) is 12.7. The molecule has 0 aliphatic heterocycles. The van der Waals surface area contributed by atoms with Gasteiger partial charge in [-0.25, -0.2) is 4.79 Å². The van der Waals surface area contributed by atoms with Crippen LogP contribution in [-0.4, -0.2) is 58.8 Å². The molecule has 2 atom stereocenters. The number of ether oxygens (including phenoxy) is 1. The smallest absolute Gasteiger partial charge is 0.408 e. The van der Waals surface area contributed by atoms with Crippen LogP contribution in [0.5, 0.6) is 0 Å². The van der Waals surface area contributed by atoms with Crippen molar-refractivity contribution in [3.8, 4) is 0 Å². The highest BCUT2D eigenvalue weighted by molar-refractivity contribution is 5.92. The number of nitrogens with one attached hydrogen (secondary N) is 2. The lowest BCUT2D eigenvalue weighted by atomic mass is 10.0. The fourth-order valence-corrected chi connectivity index (χ4v) is 3.85. The van der Waals surface area contributed by atoms with Gasteiger partial charge in [0.25, 0.3) is 0 Å². The molecule has 0 aromatic heterocycles. The highest BCUT2D eigenvalue weighted by Crippen LogP contribution is 2.24. The fraction of sp³-hybridized carbons (Fsp3) is 0.679. The zero-order valence-corrected chi connectivity index (χ0v) is 23.2. The van der Waals surface area contributed by atoms with Gasteiger partial charge in [-0.05, 0) is 53.5 Å². The number of carbonyl (C=O) groups is 3. The maximum absolute atomic E-state index is 13.7. The highest BCUT2D eigenvalue weighted by atomic mass is 16.6. The molecular weight excluding hydrogens is 458 g/mol. The molecule has 0 spiro atoms. The molecule has 0 saturated heterocycles. The van der Waals surface area contributed by atoms with Crippen LogP contribution in [0, 0.1) is 6.92 Å². The first-order valence-electron chi connectivity index (χ1n) is 13.2. The second-order valence-corrected chi connectivity index (χ2v) is 10.7. The lowest BCUT2D eigenvalue weighted by Gasteiger charge is -2.34. The van der Waals surface area contributed by atoms with E-state index in [-0.39, 0.29) is 11.9 Å². The lowest BCUT2D eigenvalue weighted by molar-refractivity contribution is -0.143. The molecule has 0 aliphatic rings. The summed E-state index contributed by atoms with van der Waals surface area (Å²) in [4.78, 5) is 41.0. The van der Waals surface area contributed by atoms with Gasteiger partial charge in [0, 0.05) is 12.6 Å². The number of hydrogen-bond donors (Lipinski definition) is 3. The third-order valence-electron chi connectivity index (χ3n) is 5.59. The summed E-state index contributed by atoms with van der Waals surface area (Å²) in [6, 6.07) is 5.24. The van der Waals surface area contributed by atoms with Gasteiger partial charge < -0.3 is 25.4 Å². The SMILES string of the molecule is CCCCCCCCN(C(=O)C(CO)NC(=O)OC(C)(C)C)C(C(=O)NC(C)C)c1ccc(C)cc1. The normalized spacial score (nSPS) is 13.1. The number of aliphatic hydroxyl groups excluding tert-OH is 1. The average Bonchev–Trinajstić information content (AvgIpc) is 2.77. The molecule has 3 N–H and O–H groups in total. The Labute approximate surface area is 217 Å². The predicted octanol–water partition coefficient (Wildman–Crippen LogP) is 4.64. The molecule has 0 saturated carbocycles. The van der Waals surface area contributed by atoms with Crippen LogP contribution in [0.3, 0.4) is 0 Å². The van der Waals surface area contributed by atoms with Crippen LogP contribution in [0.2, 0.25) is 0 Å². The molecule has 2 unspecified atom stereocenters. The quantitative estimate of drug-likeness (QED) is 0.319. The van der Waals surface area contributed by atoms with Gasteiger partial charge in [-0.15, -0.1) is 0 Å². The Morgan fingerprint density at radius 1 is 0.972 bits per heavy atom. The topological polar surface area (TPSA) is 108 Å². The van der Waals surface area contributed by atoms with Crippen LogP contribution in [0.25, 0.3) is 0 Å². The van der Waals surface area contributed by atoms with Gasteiger partial charge in [-0.2, -0.15) is 0 Å². The van der Waals surface area contributed by atoms with E-state index in [9.17, 15) is 19.5 Å². The van der Waals surface area contributed by atoms with Gasteiger partial charge in [0.15, 0.2) is 0 Å². The monoisotopic (exact) mass is 505 g/mol. The van der Waals surface area contributed by atoms with Gasteiger partial charge in [-0.3, -0.25) is 9.59 Å². The van der Waals surface area contributed by atoms with E-state index in [1.165, 1.54) is 4.90 Å². The van der Waals surface area contributed by atoms with Crippen molar-refractivity contribution >= 4 is 17.9 Å². The molecule has 36 heavy (non-hydrogen) atoms. The Balaban J connectivity index is 3.28. The number of nitrogens with zero attached hydrogens (tertiary/aromatic N) is 1. The van der Waals surface area contributed by atoms with Crippen LogP contribution in [0.1, 0.15) is 97.2 Å². The van der Waals surface area contributed by atoms with E-state index in [1.807, 2.05) is 45.0 Å². The first kappa shape index (κ1) is 31.4. The van der Waals surface area contributed by atoms with E-state index in [2.05, 4.69) is 17.6 Å².